The minimum atomic E-state index is -0.474. The summed E-state index contributed by atoms with van der Waals surface area (Å²) in [6, 6.07) is 0. The van der Waals surface area contributed by atoms with Crippen molar-refractivity contribution in [1.29, 1.82) is 0 Å². The summed E-state index contributed by atoms with van der Waals surface area (Å²) in [4.78, 5) is 20.7. The summed E-state index contributed by atoms with van der Waals surface area (Å²) in [6.07, 6.45) is 2.21. The Bertz CT molecular complexity index is 436. The second-order valence-electron chi connectivity index (χ2n) is 4.23. The van der Waals surface area contributed by atoms with Crippen molar-refractivity contribution in [2.75, 3.05) is 43.9 Å². The highest BCUT2D eigenvalue weighted by atomic mass is 16.6. The molecule has 0 amide bonds. The van der Waals surface area contributed by atoms with E-state index in [-0.39, 0.29) is 17.3 Å². The van der Waals surface area contributed by atoms with Crippen LogP contribution in [-0.4, -0.2) is 53.0 Å². The molecule has 8 nitrogen and oxygen atoms in total. The molecule has 1 aromatic heterocycles. The number of aromatic nitrogens is 2. The molecule has 0 aliphatic heterocycles. The van der Waals surface area contributed by atoms with Crippen molar-refractivity contribution in [2.24, 2.45) is 0 Å². The van der Waals surface area contributed by atoms with Crippen LogP contribution in [0.1, 0.15) is 20.3 Å². The van der Waals surface area contributed by atoms with Crippen LogP contribution in [0.2, 0.25) is 0 Å². The van der Waals surface area contributed by atoms with Gasteiger partial charge in [-0.15, -0.1) is 0 Å². The number of hydrogen-bond donors (Lipinski definition) is 2. The Labute approximate surface area is 118 Å². The van der Waals surface area contributed by atoms with E-state index in [0.29, 0.717) is 6.54 Å². The first-order chi connectivity index (χ1) is 9.63. The molecule has 8 heteroatoms. The fraction of sp³-hybridized carbons (Fsp3) is 0.667. The van der Waals surface area contributed by atoms with Crippen molar-refractivity contribution in [3.63, 3.8) is 0 Å². The summed E-state index contributed by atoms with van der Waals surface area (Å²) in [6.45, 7) is 7.84. The molecule has 1 heterocycles. The molecule has 0 aliphatic rings. The molecular formula is C12H22N6O2. The van der Waals surface area contributed by atoms with Gasteiger partial charge in [0, 0.05) is 13.6 Å². The predicted octanol–water partition coefficient (Wildman–Crippen LogP) is 1.57. The zero-order chi connectivity index (χ0) is 15.0. The maximum absolute atomic E-state index is 11.1. The molecule has 0 spiro atoms. The van der Waals surface area contributed by atoms with Gasteiger partial charge in [-0.3, -0.25) is 10.1 Å². The normalized spacial score (nSPS) is 10.6. The SMILES string of the molecule is CCN(CC)CCCNc1ncnc(NC)c1[N+](=O)[O-]. The highest BCUT2D eigenvalue weighted by molar-refractivity contribution is 5.68. The van der Waals surface area contributed by atoms with Gasteiger partial charge in [0.05, 0.1) is 4.92 Å². The largest absolute Gasteiger partial charge is 0.367 e. The van der Waals surface area contributed by atoms with Gasteiger partial charge in [-0.1, -0.05) is 13.8 Å². The molecule has 0 unspecified atom stereocenters. The van der Waals surface area contributed by atoms with Crippen LogP contribution in [0, 0.1) is 10.1 Å². The first-order valence-corrected chi connectivity index (χ1v) is 6.77. The molecule has 0 aliphatic carbocycles. The Kier molecular flexibility index (Phi) is 6.65. The van der Waals surface area contributed by atoms with Gasteiger partial charge in [0.2, 0.25) is 11.6 Å². The standard InChI is InChI=1S/C12H22N6O2/c1-4-17(5-2)8-6-7-14-12-10(18(19)20)11(13-3)15-9-16-12/h9H,4-8H2,1-3H3,(H2,13,14,15,16). The molecule has 112 valence electrons. The summed E-state index contributed by atoms with van der Waals surface area (Å²) in [5.41, 5.74) is -0.113. The minimum Gasteiger partial charge on any atom is -0.367 e. The molecule has 1 aromatic rings. The van der Waals surface area contributed by atoms with E-state index < -0.39 is 4.92 Å². The van der Waals surface area contributed by atoms with Crippen molar-refractivity contribution in [3.8, 4) is 0 Å². The van der Waals surface area contributed by atoms with Crippen LogP contribution in [-0.2, 0) is 0 Å². The molecule has 0 atom stereocenters. The van der Waals surface area contributed by atoms with Crippen molar-refractivity contribution in [1.82, 2.24) is 14.9 Å². The number of hydrogen-bond acceptors (Lipinski definition) is 7. The lowest BCUT2D eigenvalue weighted by Crippen LogP contribution is -2.25. The summed E-state index contributed by atoms with van der Waals surface area (Å²) in [5, 5.41) is 16.8. The second-order valence-corrected chi connectivity index (χ2v) is 4.23. The van der Waals surface area contributed by atoms with Crippen molar-refractivity contribution in [3.05, 3.63) is 16.4 Å². The Morgan fingerprint density at radius 1 is 1.30 bits per heavy atom. The van der Waals surface area contributed by atoms with E-state index in [0.717, 1.165) is 26.1 Å². The van der Waals surface area contributed by atoms with Crippen LogP contribution in [0.25, 0.3) is 0 Å². The van der Waals surface area contributed by atoms with E-state index in [9.17, 15) is 10.1 Å². The molecule has 0 fully saturated rings. The first kappa shape index (κ1) is 16.1. The van der Waals surface area contributed by atoms with Crippen molar-refractivity contribution < 1.29 is 4.92 Å². The van der Waals surface area contributed by atoms with Gasteiger partial charge in [-0.05, 0) is 26.1 Å². The molecule has 0 aromatic carbocycles. The quantitative estimate of drug-likeness (QED) is 0.403. The van der Waals surface area contributed by atoms with Crippen LogP contribution < -0.4 is 10.6 Å². The Hall–Kier alpha value is -1.96. The highest BCUT2D eigenvalue weighted by Crippen LogP contribution is 2.28. The molecular weight excluding hydrogens is 260 g/mol. The monoisotopic (exact) mass is 282 g/mol. The summed E-state index contributed by atoms with van der Waals surface area (Å²) in [5.74, 6) is 0.477. The smallest absolute Gasteiger partial charge is 0.353 e. The molecule has 0 saturated heterocycles. The highest BCUT2D eigenvalue weighted by Gasteiger charge is 2.21. The minimum absolute atomic E-state index is 0.113. The average Bonchev–Trinajstić information content (AvgIpc) is 2.46. The van der Waals surface area contributed by atoms with Crippen molar-refractivity contribution in [2.45, 2.75) is 20.3 Å². The lowest BCUT2D eigenvalue weighted by Gasteiger charge is -2.17. The van der Waals surface area contributed by atoms with Gasteiger partial charge in [0.25, 0.3) is 0 Å². The van der Waals surface area contributed by atoms with Gasteiger partial charge >= 0.3 is 5.69 Å². The third-order valence-electron chi connectivity index (χ3n) is 3.08. The Morgan fingerprint density at radius 3 is 2.50 bits per heavy atom. The summed E-state index contributed by atoms with van der Waals surface area (Å²) in [7, 11) is 1.60. The second kappa shape index (κ2) is 8.26. The number of nitrogens with one attached hydrogen (secondary N) is 2. The van der Waals surface area contributed by atoms with Crippen LogP contribution in [0.15, 0.2) is 6.33 Å². The Balaban J connectivity index is 2.62. The van der Waals surface area contributed by atoms with Gasteiger partial charge in [0.1, 0.15) is 6.33 Å². The third kappa shape index (κ3) is 4.30. The van der Waals surface area contributed by atoms with E-state index in [1.165, 1.54) is 6.33 Å². The third-order valence-corrected chi connectivity index (χ3v) is 3.08. The predicted molar refractivity (Wildman–Crippen MR) is 79.1 cm³/mol. The fourth-order valence-electron chi connectivity index (χ4n) is 1.91. The first-order valence-electron chi connectivity index (χ1n) is 6.77. The molecule has 1 rings (SSSR count). The number of nitrogens with zero attached hydrogens (tertiary/aromatic N) is 4. The number of anilines is 2. The van der Waals surface area contributed by atoms with E-state index >= 15 is 0 Å². The van der Waals surface area contributed by atoms with Gasteiger partial charge < -0.3 is 15.5 Å². The van der Waals surface area contributed by atoms with E-state index in [1.807, 2.05) is 0 Å². The van der Waals surface area contributed by atoms with E-state index in [4.69, 9.17) is 0 Å². The van der Waals surface area contributed by atoms with Crippen LogP contribution in [0.3, 0.4) is 0 Å². The van der Waals surface area contributed by atoms with Crippen LogP contribution in [0.4, 0.5) is 17.3 Å². The maximum atomic E-state index is 11.1. The van der Waals surface area contributed by atoms with Crippen molar-refractivity contribution >= 4 is 17.3 Å². The number of rotatable bonds is 9. The maximum Gasteiger partial charge on any atom is 0.353 e. The van der Waals surface area contributed by atoms with Gasteiger partial charge in [0.15, 0.2) is 0 Å². The average molecular weight is 282 g/mol. The molecule has 0 saturated carbocycles. The molecule has 2 N–H and O–H groups in total. The molecule has 20 heavy (non-hydrogen) atoms. The molecule has 0 bridgehead atoms. The fourth-order valence-corrected chi connectivity index (χ4v) is 1.91. The zero-order valence-corrected chi connectivity index (χ0v) is 12.2. The topological polar surface area (TPSA) is 96.2 Å². The van der Waals surface area contributed by atoms with E-state index in [2.05, 4.69) is 39.3 Å². The zero-order valence-electron chi connectivity index (χ0n) is 12.2. The summed E-state index contributed by atoms with van der Waals surface area (Å²) >= 11 is 0. The Morgan fingerprint density at radius 2 is 1.95 bits per heavy atom. The van der Waals surface area contributed by atoms with Gasteiger partial charge in [-0.2, -0.15) is 0 Å². The lowest BCUT2D eigenvalue weighted by atomic mass is 10.3. The molecule has 0 radical (unpaired) electrons. The lowest BCUT2D eigenvalue weighted by molar-refractivity contribution is -0.383. The van der Waals surface area contributed by atoms with Gasteiger partial charge in [-0.25, -0.2) is 9.97 Å². The summed E-state index contributed by atoms with van der Waals surface area (Å²) < 4.78 is 0. The van der Waals surface area contributed by atoms with E-state index in [1.54, 1.807) is 7.05 Å². The number of nitro groups is 1. The van der Waals surface area contributed by atoms with Crippen LogP contribution >= 0.6 is 0 Å². The van der Waals surface area contributed by atoms with Crippen LogP contribution in [0.5, 0.6) is 0 Å².